The summed E-state index contributed by atoms with van der Waals surface area (Å²) in [6.45, 7) is 1.80. The Morgan fingerprint density at radius 2 is 2.12 bits per heavy atom. The second kappa shape index (κ2) is 5.15. The third kappa shape index (κ3) is 2.67. The molecule has 2 unspecified atom stereocenters. The third-order valence-electron chi connectivity index (χ3n) is 3.54. The number of likely N-dealkylation sites (N-methyl/N-ethyl adjacent to an activating group) is 1. The van der Waals surface area contributed by atoms with Crippen LogP contribution in [0.5, 0.6) is 0 Å². The van der Waals surface area contributed by atoms with Gasteiger partial charge in [-0.1, -0.05) is 12.1 Å². The van der Waals surface area contributed by atoms with E-state index >= 15 is 0 Å². The van der Waals surface area contributed by atoms with Crippen molar-refractivity contribution in [3.05, 3.63) is 35.1 Å². The Kier molecular flexibility index (Phi) is 3.79. The fraction of sp³-hybridized carbons (Fsp3) is 0.571. The minimum Gasteiger partial charge on any atom is -0.379 e. The van der Waals surface area contributed by atoms with Crippen LogP contribution >= 0.6 is 0 Å². The Hall–Kier alpha value is -0.930. The highest BCUT2D eigenvalue weighted by Crippen LogP contribution is 2.39. The second-order valence-corrected chi connectivity index (χ2v) is 4.81. The van der Waals surface area contributed by atoms with Crippen molar-refractivity contribution in [1.29, 1.82) is 0 Å². The van der Waals surface area contributed by atoms with Gasteiger partial charge in [0.05, 0.1) is 12.1 Å². The number of hydrogen-bond acceptors (Lipinski definition) is 2. The molecule has 0 saturated heterocycles. The molecule has 1 aromatic rings. The molecule has 1 aliphatic carbocycles. The average Bonchev–Trinajstić information content (AvgIpc) is 3.14. The summed E-state index contributed by atoms with van der Waals surface area (Å²) in [5.74, 6) is 0.492. The van der Waals surface area contributed by atoms with Gasteiger partial charge in [-0.2, -0.15) is 0 Å². The largest absolute Gasteiger partial charge is 0.379 e. The minimum absolute atomic E-state index is 0.145. The summed E-state index contributed by atoms with van der Waals surface area (Å²) in [6, 6.07) is 5.43. The van der Waals surface area contributed by atoms with E-state index in [0.29, 0.717) is 11.5 Å². The summed E-state index contributed by atoms with van der Waals surface area (Å²) >= 11 is 0. The van der Waals surface area contributed by atoms with Crippen molar-refractivity contribution >= 4 is 0 Å². The smallest absolute Gasteiger partial charge is 0.126 e. The molecule has 2 nitrogen and oxygen atoms in total. The first-order chi connectivity index (χ1) is 8.17. The molecule has 1 saturated carbocycles. The van der Waals surface area contributed by atoms with Gasteiger partial charge in [-0.25, -0.2) is 4.39 Å². The normalized spacial score (nSPS) is 19.1. The lowest BCUT2D eigenvalue weighted by Crippen LogP contribution is -2.32. The minimum atomic E-state index is -0.149. The summed E-state index contributed by atoms with van der Waals surface area (Å²) in [7, 11) is 3.68. The van der Waals surface area contributed by atoms with Crippen LogP contribution in [-0.2, 0) is 4.74 Å². The molecule has 1 N–H and O–H groups in total. The van der Waals surface area contributed by atoms with E-state index in [4.69, 9.17) is 4.74 Å². The summed E-state index contributed by atoms with van der Waals surface area (Å²) in [6.07, 6.45) is 2.65. The van der Waals surface area contributed by atoms with Crippen molar-refractivity contribution in [1.82, 2.24) is 5.32 Å². The number of rotatable bonds is 5. The molecule has 0 heterocycles. The lowest BCUT2D eigenvalue weighted by Gasteiger charge is -2.26. The first-order valence-corrected chi connectivity index (χ1v) is 6.13. The van der Waals surface area contributed by atoms with Crippen LogP contribution in [0.1, 0.15) is 30.0 Å². The van der Waals surface area contributed by atoms with E-state index in [-0.39, 0.29) is 18.0 Å². The van der Waals surface area contributed by atoms with Gasteiger partial charge in [-0.15, -0.1) is 0 Å². The van der Waals surface area contributed by atoms with Crippen LogP contribution in [-0.4, -0.2) is 20.3 Å². The van der Waals surface area contributed by atoms with Crippen LogP contribution in [0.15, 0.2) is 18.2 Å². The molecule has 3 heteroatoms. The molecule has 2 atom stereocenters. The number of aryl methyl sites for hydroxylation is 1. The molecule has 94 valence electrons. The van der Waals surface area contributed by atoms with E-state index in [1.807, 2.05) is 19.2 Å². The molecule has 1 aliphatic rings. The standard InChI is InChI=1S/C14H20FNO/c1-9-8-11(6-7-12(9)15)13(16-2)14(17-3)10-4-5-10/h6-8,10,13-14,16H,4-5H2,1-3H3. The van der Waals surface area contributed by atoms with Gasteiger partial charge in [0.2, 0.25) is 0 Å². The van der Waals surface area contributed by atoms with E-state index in [1.165, 1.54) is 18.9 Å². The van der Waals surface area contributed by atoms with Gasteiger partial charge in [-0.05, 0) is 49.9 Å². The number of methoxy groups -OCH3 is 1. The average molecular weight is 237 g/mol. The Morgan fingerprint density at radius 1 is 1.41 bits per heavy atom. The van der Waals surface area contributed by atoms with Crippen LogP contribution in [0.4, 0.5) is 4.39 Å². The van der Waals surface area contributed by atoms with Crippen LogP contribution in [0, 0.1) is 18.7 Å². The Labute approximate surface area is 102 Å². The summed E-state index contributed by atoms with van der Waals surface area (Å²) < 4.78 is 18.9. The van der Waals surface area contributed by atoms with Crippen LogP contribution in [0.3, 0.4) is 0 Å². The highest BCUT2D eigenvalue weighted by atomic mass is 19.1. The third-order valence-corrected chi connectivity index (χ3v) is 3.54. The number of ether oxygens (including phenoxy) is 1. The molecular formula is C14H20FNO. The van der Waals surface area contributed by atoms with Crippen molar-refractivity contribution in [3.63, 3.8) is 0 Å². The van der Waals surface area contributed by atoms with E-state index < -0.39 is 0 Å². The number of benzene rings is 1. The summed E-state index contributed by atoms with van der Waals surface area (Å²) in [5.41, 5.74) is 1.79. The number of hydrogen-bond donors (Lipinski definition) is 1. The van der Waals surface area contributed by atoms with E-state index in [1.54, 1.807) is 14.0 Å². The van der Waals surface area contributed by atoms with Gasteiger partial charge in [0.25, 0.3) is 0 Å². The zero-order chi connectivity index (χ0) is 12.4. The molecule has 0 aliphatic heterocycles. The van der Waals surface area contributed by atoms with Gasteiger partial charge >= 0.3 is 0 Å². The van der Waals surface area contributed by atoms with Crippen molar-refractivity contribution < 1.29 is 9.13 Å². The van der Waals surface area contributed by atoms with Gasteiger partial charge in [0.15, 0.2) is 0 Å². The quantitative estimate of drug-likeness (QED) is 0.850. The molecule has 1 fully saturated rings. The van der Waals surface area contributed by atoms with E-state index in [9.17, 15) is 4.39 Å². The Bertz CT molecular complexity index is 390. The number of halogens is 1. The summed E-state index contributed by atoms with van der Waals surface area (Å²) in [5, 5.41) is 3.29. The molecule has 1 aromatic carbocycles. The predicted octanol–water partition coefficient (Wildman–Crippen LogP) is 2.82. The van der Waals surface area contributed by atoms with Crippen LogP contribution in [0.2, 0.25) is 0 Å². The summed E-state index contributed by atoms with van der Waals surface area (Å²) in [4.78, 5) is 0. The second-order valence-electron chi connectivity index (χ2n) is 4.81. The van der Waals surface area contributed by atoms with E-state index in [0.717, 1.165) is 5.56 Å². The van der Waals surface area contributed by atoms with Crippen molar-refractivity contribution in [2.45, 2.75) is 31.9 Å². The van der Waals surface area contributed by atoms with E-state index in [2.05, 4.69) is 5.32 Å². The molecule has 17 heavy (non-hydrogen) atoms. The zero-order valence-corrected chi connectivity index (χ0v) is 10.7. The maximum absolute atomic E-state index is 13.3. The van der Waals surface area contributed by atoms with Gasteiger partial charge in [0.1, 0.15) is 5.82 Å². The monoisotopic (exact) mass is 237 g/mol. The fourth-order valence-corrected chi connectivity index (χ4v) is 2.41. The maximum atomic E-state index is 13.3. The molecule has 0 aromatic heterocycles. The topological polar surface area (TPSA) is 21.3 Å². The van der Waals surface area contributed by atoms with Crippen LogP contribution in [0.25, 0.3) is 0 Å². The lowest BCUT2D eigenvalue weighted by atomic mass is 9.96. The predicted molar refractivity (Wildman–Crippen MR) is 66.5 cm³/mol. The van der Waals surface area contributed by atoms with Gasteiger partial charge < -0.3 is 10.1 Å². The van der Waals surface area contributed by atoms with Crippen molar-refractivity contribution in [2.75, 3.05) is 14.2 Å². The highest BCUT2D eigenvalue weighted by molar-refractivity contribution is 5.27. The molecule has 2 rings (SSSR count). The fourth-order valence-electron chi connectivity index (χ4n) is 2.41. The lowest BCUT2D eigenvalue weighted by molar-refractivity contribution is 0.0530. The van der Waals surface area contributed by atoms with Gasteiger partial charge in [-0.3, -0.25) is 0 Å². The van der Waals surface area contributed by atoms with Crippen LogP contribution < -0.4 is 5.32 Å². The SMILES string of the molecule is CNC(c1ccc(F)c(C)c1)C(OC)C1CC1. The Morgan fingerprint density at radius 3 is 2.59 bits per heavy atom. The molecule has 0 spiro atoms. The molecule has 0 amide bonds. The zero-order valence-electron chi connectivity index (χ0n) is 10.7. The maximum Gasteiger partial charge on any atom is 0.126 e. The Balaban J connectivity index is 2.23. The van der Waals surface area contributed by atoms with Gasteiger partial charge in [0, 0.05) is 7.11 Å². The molecule has 0 radical (unpaired) electrons. The van der Waals surface area contributed by atoms with Crippen molar-refractivity contribution in [3.8, 4) is 0 Å². The first kappa shape index (κ1) is 12.5. The van der Waals surface area contributed by atoms with Crippen molar-refractivity contribution in [2.24, 2.45) is 5.92 Å². The molecule has 0 bridgehead atoms. The first-order valence-electron chi connectivity index (χ1n) is 6.13. The number of nitrogens with one attached hydrogen (secondary N) is 1. The highest BCUT2D eigenvalue weighted by Gasteiger charge is 2.36. The molecular weight excluding hydrogens is 217 g/mol.